The Morgan fingerprint density at radius 2 is 1.41 bits per heavy atom. The van der Waals surface area contributed by atoms with Gasteiger partial charge in [-0.1, -0.05) is 128 Å². The number of hydrogen-bond acceptors (Lipinski definition) is 2. The zero-order valence-corrected chi connectivity index (χ0v) is 25.6. The summed E-state index contributed by atoms with van der Waals surface area (Å²) in [4.78, 5) is 9.67. The zero-order chi connectivity index (χ0) is 30.0. The molecule has 0 saturated heterocycles. The van der Waals surface area contributed by atoms with E-state index >= 15 is 0 Å². The Kier molecular flexibility index (Phi) is 7.50. The molecule has 1 aromatic heterocycles. The second-order valence-electron chi connectivity index (χ2n) is 11.6. The number of allylic oxidation sites excluding steroid dienone is 5. The van der Waals surface area contributed by atoms with Crippen molar-refractivity contribution >= 4 is 43.7 Å². The van der Waals surface area contributed by atoms with Gasteiger partial charge in [-0.2, -0.15) is 0 Å². The van der Waals surface area contributed by atoms with E-state index in [1.54, 1.807) is 0 Å². The summed E-state index contributed by atoms with van der Waals surface area (Å²) in [5, 5.41) is 7.70. The molecule has 1 unspecified atom stereocenters. The summed E-state index contributed by atoms with van der Waals surface area (Å²) in [6, 6.07) is 37.3. The van der Waals surface area contributed by atoms with E-state index in [-0.39, 0.29) is 0 Å². The molecule has 0 radical (unpaired) electrons. The van der Waals surface area contributed by atoms with E-state index in [0.717, 1.165) is 35.5 Å². The summed E-state index contributed by atoms with van der Waals surface area (Å²) in [5.41, 5.74) is 9.24. The first-order valence-electron chi connectivity index (χ1n) is 15.6. The number of nitrogens with zero attached hydrogens (tertiary/aromatic N) is 2. The predicted octanol–water partition coefficient (Wildman–Crippen LogP) is 11.5. The number of aromatic nitrogens is 1. The number of hydrogen-bond donors (Lipinski definition) is 0. The van der Waals surface area contributed by atoms with Crippen LogP contribution in [0.1, 0.15) is 56.4 Å². The maximum atomic E-state index is 5.13. The van der Waals surface area contributed by atoms with Gasteiger partial charge >= 0.3 is 0 Å². The van der Waals surface area contributed by atoms with Gasteiger partial charge in [0.2, 0.25) is 0 Å². The van der Waals surface area contributed by atoms with Crippen molar-refractivity contribution in [3.8, 4) is 11.1 Å². The van der Waals surface area contributed by atoms with Crippen molar-refractivity contribution in [2.45, 2.75) is 39.5 Å². The number of pyridine rings is 1. The lowest BCUT2D eigenvalue weighted by Gasteiger charge is -2.23. The van der Waals surface area contributed by atoms with E-state index in [4.69, 9.17) is 4.99 Å². The van der Waals surface area contributed by atoms with Crippen molar-refractivity contribution in [2.75, 3.05) is 0 Å². The van der Waals surface area contributed by atoms with Gasteiger partial charge in [0.1, 0.15) is 0 Å². The Morgan fingerprint density at radius 1 is 0.773 bits per heavy atom. The fraction of sp³-hybridized carbons (Fsp3) is 0.143. The number of fused-ring (bicyclic) bond motifs is 3. The van der Waals surface area contributed by atoms with Gasteiger partial charge in [-0.05, 0) is 87.8 Å². The Bertz CT molecular complexity index is 2090. The second-order valence-corrected chi connectivity index (χ2v) is 11.6. The average molecular weight is 569 g/mol. The molecule has 2 heteroatoms. The third-order valence-electron chi connectivity index (χ3n) is 8.82. The highest BCUT2D eigenvalue weighted by atomic mass is 14.8. The molecule has 7 rings (SSSR count). The van der Waals surface area contributed by atoms with Crippen LogP contribution in [0, 0.1) is 0 Å². The molecule has 0 saturated carbocycles. The molecule has 0 fully saturated rings. The van der Waals surface area contributed by atoms with Crippen molar-refractivity contribution in [3.63, 3.8) is 0 Å². The van der Waals surface area contributed by atoms with Gasteiger partial charge in [-0.25, -0.2) is 0 Å². The fourth-order valence-corrected chi connectivity index (χ4v) is 6.76. The van der Waals surface area contributed by atoms with Gasteiger partial charge in [0.05, 0.1) is 17.1 Å². The van der Waals surface area contributed by atoms with Gasteiger partial charge in [-0.15, -0.1) is 0 Å². The molecule has 1 aliphatic carbocycles. The lowest BCUT2D eigenvalue weighted by Crippen LogP contribution is -2.02. The highest BCUT2D eigenvalue weighted by molar-refractivity contribution is 6.19. The van der Waals surface area contributed by atoms with Crippen LogP contribution in [0.3, 0.4) is 0 Å². The minimum absolute atomic E-state index is 0.351. The smallest absolute Gasteiger partial charge is 0.0841 e. The van der Waals surface area contributed by atoms with Crippen LogP contribution in [-0.2, 0) is 0 Å². The van der Waals surface area contributed by atoms with Gasteiger partial charge in [0.15, 0.2) is 0 Å². The van der Waals surface area contributed by atoms with Gasteiger partial charge in [-0.3, -0.25) is 9.98 Å². The molecular weight excluding hydrogens is 532 g/mol. The number of aliphatic imine (C=N–C) groups is 1. The first-order valence-corrected chi connectivity index (χ1v) is 15.6. The van der Waals surface area contributed by atoms with Crippen LogP contribution in [-0.4, -0.2) is 10.7 Å². The van der Waals surface area contributed by atoms with Gasteiger partial charge < -0.3 is 0 Å². The molecule has 0 bridgehead atoms. The van der Waals surface area contributed by atoms with Crippen LogP contribution < -0.4 is 0 Å². The van der Waals surface area contributed by atoms with Crippen molar-refractivity contribution in [1.29, 1.82) is 0 Å². The Morgan fingerprint density at radius 3 is 2.02 bits per heavy atom. The van der Waals surface area contributed by atoms with Gasteiger partial charge in [0.25, 0.3) is 0 Å². The van der Waals surface area contributed by atoms with E-state index in [2.05, 4.69) is 128 Å². The summed E-state index contributed by atoms with van der Waals surface area (Å²) in [6.07, 6.45) is 13.0. The standard InChI is InChI=1S/C42H36N2/c1-4-13-40(44-29(3)39-20-11-12-27-43-39)33-25-26-38(32-15-6-5-14-31(32)33)42-36-18-9-7-16-34(36)41(30-23-21-28(2)22-24-30)35-17-8-10-19-37(35)42/h5-23,25-27,30H,4,24H2,1-3H3/b40-13-,44-29+. The summed E-state index contributed by atoms with van der Waals surface area (Å²) in [7, 11) is 0. The molecule has 5 aromatic carbocycles. The lowest BCUT2D eigenvalue weighted by atomic mass is 9.80. The van der Waals surface area contributed by atoms with E-state index in [9.17, 15) is 0 Å². The molecule has 0 aliphatic heterocycles. The maximum absolute atomic E-state index is 5.13. The Hall–Kier alpha value is -5.08. The normalized spacial score (nSPS) is 15.7. The zero-order valence-electron chi connectivity index (χ0n) is 25.6. The monoisotopic (exact) mass is 568 g/mol. The molecule has 0 amide bonds. The minimum atomic E-state index is 0.351. The molecule has 44 heavy (non-hydrogen) atoms. The van der Waals surface area contributed by atoms with Crippen LogP contribution in [0.25, 0.3) is 49.1 Å². The summed E-state index contributed by atoms with van der Waals surface area (Å²) in [6.45, 7) is 6.40. The van der Waals surface area contributed by atoms with E-state index in [0.29, 0.717) is 5.92 Å². The number of rotatable bonds is 6. The van der Waals surface area contributed by atoms with Crippen molar-refractivity contribution in [3.05, 3.63) is 156 Å². The largest absolute Gasteiger partial charge is 0.255 e. The highest BCUT2D eigenvalue weighted by Gasteiger charge is 2.22. The molecule has 214 valence electrons. The van der Waals surface area contributed by atoms with Crippen LogP contribution in [0.15, 0.2) is 144 Å². The molecule has 0 spiro atoms. The summed E-state index contributed by atoms with van der Waals surface area (Å²) in [5.74, 6) is 0.351. The van der Waals surface area contributed by atoms with E-state index in [1.165, 1.54) is 54.6 Å². The van der Waals surface area contributed by atoms with Crippen LogP contribution >= 0.6 is 0 Å². The highest BCUT2D eigenvalue weighted by Crippen LogP contribution is 2.46. The Labute approximate surface area is 259 Å². The SMILES string of the molecule is CC/C=C(\N=C(/C)c1ccccn1)c1ccc(-c2c3ccccc3c(C3C=CC(C)=CC3)c3ccccc23)c2ccccc12. The maximum Gasteiger partial charge on any atom is 0.0841 e. The van der Waals surface area contributed by atoms with Crippen LogP contribution in [0.5, 0.6) is 0 Å². The Balaban J connectivity index is 1.48. The van der Waals surface area contributed by atoms with Crippen molar-refractivity contribution in [1.82, 2.24) is 4.98 Å². The van der Waals surface area contributed by atoms with E-state index < -0.39 is 0 Å². The molecule has 0 N–H and O–H groups in total. The third-order valence-corrected chi connectivity index (χ3v) is 8.82. The molecule has 6 aromatic rings. The number of benzene rings is 5. The molecule has 1 heterocycles. The van der Waals surface area contributed by atoms with Crippen LogP contribution in [0.2, 0.25) is 0 Å². The first kappa shape index (κ1) is 27.7. The molecular formula is C42H36N2. The quantitative estimate of drug-likeness (QED) is 0.145. The fourth-order valence-electron chi connectivity index (χ4n) is 6.76. The minimum Gasteiger partial charge on any atom is -0.255 e. The first-order chi connectivity index (χ1) is 21.6. The average Bonchev–Trinajstić information content (AvgIpc) is 3.07. The van der Waals surface area contributed by atoms with Crippen LogP contribution in [0.4, 0.5) is 0 Å². The van der Waals surface area contributed by atoms with Crippen molar-refractivity contribution < 1.29 is 0 Å². The second kappa shape index (κ2) is 11.9. The molecule has 2 nitrogen and oxygen atoms in total. The van der Waals surface area contributed by atoms with Crippen molar-refractivity contribution in [2.24, 2.45) is 4.99 Å². The summed E-state index contributed by atoms with van der Waals surface area (Å²) < 4.78 is 0. The predicted molar refractivity (Wildman–Crippen MR) is 189 cm³/mol. The lowest BCUT2D eigenvalue weighted by molar-refractivity contribution is 0.860. The topological polar surface area (TPSA) is 25.2 Å². The summed E-state index contributed by atoms with van der Waals surface area (Å²) >= 11 is 0. The third kappa shape index (κ3) is 4.97. The molecule has 1 atom stereocenters. The van der Waals surface area contributed by atoms with Gasteiger partial charge in [0, 0.05) is 17.7 Å². The van der Waals surface area contributed by atoms with E-state index in [1.807, 2.05) is 31.3 Å². The molecule has 1 aliphatic rings.